The summed E-state index contributed by atoms with van der Waals surface area (Å²) in [5.41, 5.74) is 0. The Balaban J connectivity index is 2.65. The molecule has 1 atom stereocenters. The van der Waals surface area contributed by atoms with Gasteiger partial charge in [0.15, 0.2) is 0 Å². The average Bonchev–Trinajstić information content (AvgIpc) is 2.87. The highest BCUT2D eigenvalue weighted by Crippen LogP contribution is 2.23. The predicted octanol–water partition coefficient (Wildman–Crippen LogP) is 1.43. The summed E-state index contributed by atoms with van der Waals surface area (Å²) < 4.78 is 0. The summed E-state index contributed by atoms with van der Waals surface area (Å²) >= 11 is 0. The molecule has 0 radical (unpaired) electrons. The van der Waals surface area contributed by atoms with Gasteiger partial charge in [0.2, 0.25) is 0 Å². The number of hydrogen-bond acceptors (Lipinski definition) is 3. The molecule has 0 heterocycles. The molecule has 0 aromatic carbocycles. The number of aliphatic hydroxyl groups excluding tert-OH is 1. The van der Waals surface area contributed by atoms with Gasteiger partial charge in [0, 0.05) is 12.6 Å². The van der Waals surface area contributed by atoms with Crippen LogP contribution < -0.4 is 5.32 Å². The zero-order valence-corrected chi connectivity index (χ0v) is 12.3. The minimum absolute atomic E-state index is 0.105. The summed E-state index contributed by atoms with van der Waals surface area (Å²) in [5, 5.41) is 20.8. The van der Waals surface area contributed by atoms with Crippen LogP contribution in [0.3, 0.4) is 0 Å². The first kappa shape index (κ1) is 16.8. The van der Waals surface area contributed by atoms with Gasteiger partial charge in [-0.15, -0.1) is 0 Å². The van der Waals surface area contributed by atoms with Crippen LogP contribution in [0.1, 0.15) is 46.0 Å². The van der Waals surface area contributed by atoms with Crippen molar-refractivity contribution in [1.82, 2.24) is 10.2 Å². The number of hydrogen-bond donors (Lipinski definition) is 3. The molecule has 0 spiro atoms. The van der Waals surface area contributed by atoms with Gasteiger partial charge < -0.3 is 20.4 Å². The molecular formula is C14H26N2O4. The minimum Gasteiger partial charge on any atom is -0.480 e. The van der Waals surface area contributed by atoms with Gasteiger partial charge in [-0.25, -0.2) is 9.59 Å². The fraction of sp³-hybridized carbons (Fsp3) is 0.857. The first-order chi connectivity index (χ1) is 9.45. The molecule has 0 aromatic rings. The maximum Gasteiger partial charge on any atom is 0.326 e. The van der Waals surface area contributed by atoms with E-state index in [1.807, 2.05) is 13.8 Å². The molecule has 3 N–H and O–H groups in total. The second-order valence-corrected chi connectivity index (χ2v) is 5.83. The van der Waals surface area contributed by atoms with Crippen LogP contribution in [0, 0.1) is 5.92 Å². The average molecular weight is 286 g/mol. The Bertz CT molecular complexity index is 327. The number of carboxylic acid groups (broad SMARTS) is 1. The predicted molar refractivity (Wildman–Crippen MR) is 75.5 cm³/mol. The highest BCUT2D eigenvalue weighted by atomic mass is 16.4. The highest BCUT2D eigenvalue weighted by molar-refractivity contribution is 5.82. The normalized spacial score (nSPS) is 17.2. The van der Waals surface area contributed by atoms with Gasteiger partial charge in [0.05, 0.1) is 6.61 Å². The second kappa shape index (κ2) is 8.09. The molecule has 1 fully saturated rings. The Morgan fingerprint density at radius 1 is 1.30 bits per heavy atom. The topological polar surface area (TPSA) is 89.9 Å². The fourth-order valence-electron chi connectivity index (χ4n) is 2.70. The SMILES string of the molecule is CC(C)C[C@H](NC(=O)N(CCO)C1CCCC1)C(=O)O. The Morgan fingerprint density at radius 3 is 2.35 bits per heavy atom. The quantitative estimate of drug-likeness (QED) is 0.660. The van der Waals surface area contributed by atoms with Gasteiger partial charge in [-0.2, -0.15) is 0 Å². The molecule has 0 bridgehead atoms. The first-order valence-corrected chi connectivity index (χ1v) is 7.36. The van der Waals surface area contributed by atoms with E-state index < -0.39 is 12.0 Å². The largest absolute Gasteiger partial charge is 0.480 e. The summed E-state index contributed by atoms with van der Waals surface area (Å²) in [6.45, 7) is 3.99. The molecule has 1 aliphatic rings. The molecule has 0 saturated heterocycles. The minimum atomic E-state index is -1.01. The standard InChI is InChI=1S/C14H26N2O4/c1-10(2)9-12(13(18)19)15-14(20)16(7-8-17)11-5-3-4-6-11/h10-12,17H,3-9H2,1-2H3,(H,15,20)(H,18,19)/t12-/m0/s1. The lowest BCUT2D eigenvalue weighted by atomic mass is 10.0. The van der Waals surface area contributed by atoms with E-state index in [-0.39, 0.29) is 31.1 Å². The second-order valence-electron chi connectivity index (χ2n) is 5.83. The van der Waals surface area contributed by atoms with Crippen molar-refractivity contribution in [2.75, 3.05) is 13.2 Å². The zero-order chi connectivity index (χ0) is 15.1. The Kier molecular flexibility index (Phi) is 6.78. The van der Waals surface area contributed by atoms with Gasteiger partial charge in [-0.3, -0.25) is 0 Å². The van der Waals surface area contributed by atoms with Crippen LogP contribution in [0.4, 0.5) is 4.79 Å². The van der Waals surface area contributed by atoms with Crippen molar-refractivity contribution >= 4 is 12.0 Å². The lowest BCUT2D eigenvalue weighted by molar-refractivity contribution is -0.139. The molecule has 116 valence electrons. The van der Waals surface area contributed by atoms with Crippen molar-refractivity contribution in [2.24, 2.45) is 5.92 Å². The van der Waals surface area contributed by atoms with Crippen LogP contribution in [0.2, 0.25) is 0 Å². The molecule has 1 saturated carbocycles. The number of rotatable bonds is 7. The smallest absolute Gasteiger partial charge is 0.326 e. The van der Waals surface area contributed by atoms with Crippen LogP contribution in [0.5, 0.6) is 0 Å². The van der Waals surface area contributed by atoms with Gasteiger partial charge in [0.1, 0.15) is 6.04 Å². The van der Waals surface area contributed by atoms with Gasteiger partial charge in [0.25, 0.3) is 0 Å². The van der Waals surface area contributed by atoms with Crippen molar-refractivity contribution in [3.63, 3.8) is 0 Å². The monoisotopic (exact) mass is 286 g/mol. The molecule has 20 heavy (non-hydrogen) atoms. The van der Waals surface area contributed by atoms with E-state index in [4.69, 9.17) is 10.2 Å². The lowest BCUT2D eigenvalue weighted by Crippen LogP contribution is -2.52. The molecule has 1 rings (SSSR count). The highest BCUT2D eigenvalue weighted by Gasteiger charge is 2.29. The molecule has 2 amide bonds. The van der Waals surface area contributed by atoms with Crippen molar-refractivity contribution in [3.8, 4) is 0 Å². The van der Waals surface area contributed by atoms with Crippen molar-refractivity contribution in [2.45, 2.75) is 58.0 Å². The van der Waals surface area contributed by atoms with E-state index in [1.165, 1.54) is 0 Å². The number of aliphatic carboxylic acids is 1. The summed E-state index contributed by atoms with van der Waals surface area (Å²) in [6.07, 6.45) is 4.41. The van der Waals surface area contributed by atoms with E-state index in [9.17, 15) is 9.59 Å². The molecule has 1 aliphatic carbocycles. The van der Waals surface area contributed by atoms with Gasteiger partial charge in [-0.1, -0.05) is 26.7 Å². The van der Waals surface area contributed by atoms with E-state index in [0.717, 1.165) is 25.7 Å². The Hall–Kier alpha value is -1.30. The summed E-state index contributed by atoms with van der Waals surface area (Å²) in [4.78, 5) is 25.0. The number of urea groups is 1. The Morgan fingerprint density at radius 2 is 1.90 bits per heavy atom. The molecular weight excluding hydrogens is 260 g/mol. The lowest BCUT2D eigenvalue weighted by Gasteiger charge is -2.30. The molecule has 0 aliphatic heterocycles. The van der Waals surface area contributed by atoms with E-state index in [0.29, 0.717) is 6.42 Å². The van der Waals surface area contributed by atoms with Gasteiger partial charge in [-0.05, 0) is 25.2 Å². The van der Waals surface area contributed by atoms with Crippen molar-refractivity contribution in [3.05, 3.63) is 0 Å². The maximum atomic E-state index is 12.3. The zero-order valence-electron chi connectivity index (χ0n) is 12.3. The number of carbonyl (C=O) groups excluding carboxylic acids is 1. The number of nitrogens with zero attached hydrogens (tertiary/aromatic N) is 1. The third-order valence-corrected chi connectivity index (χ3v) is 3.67. The number of aliphatic hydroxyl groups is 1. The van der Waals surface area contributed by atoms with E-state index >= 15 is 0 Å². The number of nitrogens with one attached hydrogen (secondary N) is 1. The molecule has 6 heteroatoms. The van der Waals surface area contributed by atoms with Crippen LogP contribution in [-0.4, -0.2) is 52.3 Å². The molecule has 0 aromatic heterocycles. The third kappa shape index (κ3) is 5.00. The summed E-state index contributed by atoms with van der Waals surface area (Å²) in [6, 6.07) is -1.13. The van der Waals surface area contributed by atoms with E-state index in [1.54, 1.807) is 4.90 Å². The van der Waals surface area contributed by atoms with Crippen LogP contribution in [0.25, 0.3) is 0 Å². The van der Waals surface area contributed by atoms with E-state index in [2.05, 4.69) is 5.32 Å². The fourth-order valence-corrected chi connectivity index (χ4v) is 2.70. The number of carboxylic acids is 1. The summed E-state index contributed by atoms with van der Waals surface area (Å²) in [7, 11) is 0. The summed E-state index contributed by atoms with van der Waals surface area (Å²) in [5.74, 6) is -0.823. The number of amides is 2. The number of carbonyl (C=O) groups is 2. The van der Waals surface area contributed by atoms with Crippen molar-refractivity contribution < 1.29 is 19.8 Å². The van der Waals surface area contributed by atoms with Crippen molar-refractivity contribution in [1.29, 1.82) is 0 Å². The first-order valence-electron chi connectivity index (χ1n) is 7.36. The molecule has 0 unspecified atom stereocenters. The van der Waals surface area contributed by atoms with Gasteiger partial charge >= 0.3 is 12.0 Å². The Labute approximate surface area is 120 Å². The van der Waals surface area contributed by atoms with Crippen LogP contribution in [-0.2, 0) is 4.79 Å². The van der Waals surface area contributed by atoms with Crippen LogP contribution in [0.15, 0.2) is 0 Å². The third-order valence-electron chi connectivity index (χ3n) is 3.67. The van der Waals surface area contributed by atoms with Crippen LogP contribution >= 0.6 is 0 Å². The maximum absolute atomic E-state index is 12.3. The molecule has 6 nitrogen and oxygen atoms in total.